The zero-order chi connectivity index (χ0) is 13.5. The molecule has 0 amide bonds. The number of nitrogens with one attached hydrogen (secondary N) is 2. The van der Waals surface area contributed by atoms with Crippen LogP contribution in [0.3, 0.4) is 0 Å². The standard InChI is InChI=1S/C10H18N6O2/c1-15(2)7-3-6-12-10-8(16(17)18)4-5-9(13-10)14-11/h4-5H,3,6-7,11H2,1-2H3,(H2,12,13,14). The van der Waals surface area contributed by atoms with Crippen LogP contribution < -0.4 is 16.6 Å². The summed E-state index contributed by atoms with van der Waals surface area (Å²) in [6.07, 6.45) is 0.867. The highest BCUT2D eigenvalue weighted by atomic mass is 16.6. The van der Waals surface area contributed by atoms with Crippen molar-refractivity contribution in [1.29, 1.82) is 0 Å². The number of hydrogen-bond acceptors (Lipinski definition) is 7. The number of aromatic nitrogens is 1. The van der Waals surface area contributed by atoms with Crippen molar-refractivity contribution in [1.82, 2.24) is 9.88 Å². The van der Waals surface area contributed by atoms with Gasteiger partial charge in [-0.3, -0.25) is 10.1 Å². The van der Waals surface area contributed by atoms with E-state index in [0.717, 1.165) is 13.0 Å². The molecular formula is C10H18N6O2. The van der Waals surface area contributed by atoms with Crippen LogP contribution in [0.25, 0.3) is 0 Å². The van der Waals surface area contributed by atoms with E-state index in [0.29, 0.717) is 12.4 Å². The Morgan fingerprint density at radius 1 is 1.50 bits per heavy atom. The number of pyridine rings is 1. The topological polar surface area (TPSA) is 109 Å². The molecule has 4 N–H and O–H groups in total. The first kappa shape index (κ1) is 14.1. The van der Waals surface area contributed by atoms with Crippen LogP contribution >= 0.6 is 0 Å². The van der Waals surface area contributed by atoms with Gasteiger partial charge in [0, 0.05) is 12.6 Å². The maximum atomic E-state index is 10.8. The molecule has 100 valence electrons. The summed E-state index contributed by atoms with van der Waals surface area (Å²) in [6, 6.07) is 2.83. The Bertz CT molecular complexity index is 409. The lowest BCUT2D eigenvalue weighted by Crippen LogP contribution is -2.17. The Kier molecular flexibility index (Phi) is 5.28. The molecule has 0 aromatic carbocycles. The van der Waals surface area contributed by atoms with Gasteiger partial charge in [-0.25, -0.2) is 10.8 Å². The molecule has 1 aromatic heterocycles. The van der Waals surface area contributed by atoms with Crippen molar-refractivity contribution < 1.29 is 4.92 Å². The minimum absolute atomic E-state index is 0.0566. The molecule has 1 aromatic rings. The van der Waals surface area contributed by atoms with Crippen LogP contribution in [0, 0.1) is 10.1 Å². The zero-order valence-corrected chi connectivity index (χ0v) is 10.5. The summed E-state index contributed by atoms with van der Waals surface area (Å²) < 4.78 is 0. The van der Waals surface area contributed by atoms with Crippen molar-refractivity contribution in [2.24, 2.45) is 5.84 Å². The molecule has 0 bridgehead atoms. The summed E-state index contributed by atoms with van der Waals surface area (Å²) in [4.78, 5) is 16.4. The Morgan fingerprint density at radius 2 is 2.22 bits per heavy atom. The maximum absolute atomic E-state index is 10.8. The predicted octanol–water partition coefficient (Wildman–Crippen LogP) is 0.639. The number of rotatable bonds is 7. The van der Waals surface area contributed by atoms with Gasteiger partial charge in [0.2, 0.25) is 5.82 Å². The minimum atomic E-state index is -0.471. The molecule has 0 aliphatic carbocycles. The van der Waals surface area contributed by atoms with E-state index in [-0.39, 0.29) is 11.5 Å². The van der Waals surface area contributed by atoms with Crippen LogP contribution in [0.4, 0.5) is 17.3 Å². The van der Waals surface area contributed by atoms with E-state index in [9.17, 15) is 10.1 Å². The molecule has 0 aliphatic rings. The lowest BCUT2D eigenvalue weighted by Gasteiger charge is -2.10. The molecule has 18 heavy (non-hydrogen) atoms. The van der Waals surface area contributed by atoms with E-state index in [1.807, 2.05) is 19.0 Å². The Balaban J connectivity index is 2.69. The lowest BCUT2D eigenvalue weighted by molar-refractivity contribution is -0.384. The van der Waals surface area contributed by atoms with Crippen molar-refractivity contribution >= 4 is 17.3 Å². The van der Waals surface area contributed by atoms with E-state index in [2.05, 4.69) is 15.7 Å². The average molecular weight is 254 g/mol. The summed E-state index contributed by atoms with van der Waals surface area (Å²) in [5, 5.41) is 13.8. The molecule has 0 unspecified atom stereocenters. The van der Waals surface area contributed by atoms with Crippen LogP contribution in [-0.4, -0.2) is 42.0 Å². The quantitative estimate of drug-likeness (QED) is 0.283. The SMILES string of the molecule is CN(C)CCCNc1nc(NN)ccc1[N+](=O)[O-]. The van der Waals surface area contributed by atoms with E-state index in [4.69, 9.17) is 5.84 Å². The van der Waals surface area contributed by atoms with E-state index in [1.54, 1.807) is 0 Å². The fourth-order valence-corrected chi connectivity index (χ4v) is 1.41. The van der Waals surface area contributed by atoms with Crippen molar-refractivity contribution in [2.45, 2.75) is 6.42 Å². The van der Waals surface area contributed by atoms with Gasteiger partial charge in [0.05, 0.1) is 4.92 Å². The number of nitro groups is 1. The second kappa shape index (κ2) is 6.72. The number of nitrogen functional groups attached to an aromatic ring is 1. The van der Waals surface area contributed by atoms with Gasteiger partial charge in [-0.1, -0.05) is 0 Å². The van der Waals surface area contributed by atoms with Crippen LogP contribution in [0.15, 0.2) is 12.1 Å². The molecule has 8 nitrogen and oxygen atoms in total. The Morgan fingerprint density at radius 3 is 2.78 bits per heavy atom. The number of anilines is 2. The fraction of sp³-hybridized carbons (Fsp3) is 0.500. The number of hydrogen-bond donors (Lipinski definition) is 3. The molecule has 0 saturated carbocycles. The van der Waals surface area contributed by atoms with Crippen molar-refractivity contribution in [3.05, 3.63) is 22.2 Å². The highest BCUT2D eigenvalue weighted by molar-refractivity contribution is 5.59. The van der Waals surface area contributed by atoms with Crippen molar-refractivity contribution in [3.8, 4) is 0 Å². The van der Waals surface area contributed by atoms with Gasteiger partial charge in [0.15, 0.2) is 0 Å². The van der Waals surface area contributed by atoms with Gasteiger partial charge in [-0.2, -0.15) is 0 Å². The van der Waals surface area contributed by atoms with Crippen LogP contribution in [0.1, 0.15) is 6.42 Å². The largest absolute Gasteiger partial charge is 0.364 e. The van der Waals surface area contributed by atoms with Gasteiger partial charge in [-0.05, 0) is 33.1 Å². The van der Waals surface area contributed by atoms with Gasteiger partial charge in [-0.15, -0.1) is 0 Å². The molecule has 1 heterocycles. The smallest absolute Gasteiger partial charge is 0.311 e. The highest BCUT2D eigenvalue weighted by Gasteiger charge is 2.15. The summed E-state index contributed by atoms with van der Waals surface area (Å²) in [7, 11) is 3.94. The van der Waals surface area contributed by atoms with Crippen LogP contribution in [-0.2, 0) is 0 Å². The Hall–Kier alpha value is -1.93. The van der Waals surface area contributed by atoms with Crippen LogP contribution in [0.5, 0.6) is 0 Å². The van der Waals surface area contributed by atoms with E-state index < -0.39 is 4.92 Å². The molecular weight excluding hydrogens is 236 g/mol. The Labute approximate surface area is 105 Å². The molecule has 0 saturated heterocycles. The lowest BCUT2D eigenvalue weighted by atomic mass is 10.3. The fourth-order valence-electron chi connectivity index (χ4n) is 1.41. The van der Waals surface area contributed by atoms with Gasteiger partial charge < -0.3 is 15.6 Å². The highest BCUT2D eigenvalue weighted by Crippen LogP contribution is 2.23. The van der Waals surface area contributed by atoms with Crippen molar-refractivity contribution in [2.75, 3.05) is 37.9 Å². The van der Waals surface area contributed by atoms with Gasteiger partial charge in [0.25, 0.3) is 0 Å². The third-order valence-corrected chi connectivity index (χ3v) is 2.29. The second-order valence-corrected chi connectivity index (χ2v) is 4.05. The average Bonchev–Trinajstić information content (AvgIpc) is 2.33. The molecule has 8 heteroatoms. The van der Waals surface area contributed by atoms with Crippen LogP contribution in [0.2, 0.25) is 0 Å². The van der Waals surface area contributed by atoms with E-state index >= 15 is 0 Å². The van der Waals surface area contributed by atoms with Gasteiger partial charge in [0.1, 0.15) is 5.82 Å². The normalized spacial score (nSPS) is 10.4. The molecule has 0 aliphatic heterocycles. The molecule has 1 rings (SSSR count). The second-order valence-electron chi connectivity index (χ2n) is 4.05. The maximum Gasteiger partial charge on any atom is 0.311 e. The molecule has 0 fully saturated rings. The first-order valence-corrected chi connectivity index (χ1v) is 5.55. The third kappa shape index (κ3) is 4.15. The number of nitrogens with zero attached hydrogens (tertiary/aromatic N) is 3. The van der Waals surface area contributed by atoms with E-state index in [1.165, 1.54) is 12.1 Å². The minimum Gasteiger partial charge on any atom is -0.364 e. The summed E-state index contributed by atoms with van der Waals surface area (Å²) in [6.45, 7) is 1.51. The monoisotopic (exact) mass is 254 g/mol. The number of hydrazine groups is 1. The first-order chi connectivity index (χ1) is 8.54. The summed E-state index contributed by atoms with van der Waals surface area (Å²) in [5.74, 6) is 5.84. The molecule has 0 spiro atoms. The summed E-state index contributed by atoms with van der Waals surface area (Å²) in [5.41, 5.74) is 2.30. The molecule has 0 radical (unpaired) electrons. The molecule has 0 atom stereocenters. The number of nitrogens with two attached hydrogens (primary N) is 1. The third-order valence-electron chi connectivity index (χ3n) is 2.29. The first-order valence-electron chi connectivity index (χ1n) is 5.55. The summed E-state index contributed by atoms with van der Waals surface area (Å²) >= 11 is 0. The predicted molar refractivity (Wildman–Crippen MR) is 70.4 cm³/mol. The van der Waals surface area contributed by atoms with Crippen molar-refractivity contribution in [3.63, 3.8) is 0 Å². The van der Waals surface area contributed by atoms with Gasteiger partial charge >= 0.3 is 5.69 Å². The zero-order valence-electron chi connectivity index (χ0n) is 10.5.